The van der Waals surface area contributed by atoms with Crippen molar-refractivity contribution in [1.29, 1.82) is 0 Å². The van der Waals surface area contributed by atoms with Crippen molar-refractivity contribution in [2.24, 2.45) is 0 Å². The first-order valence-electron chi connectivity index (χ1n) is 5.15. The Labute approximate surface area is 84.9 Å². The highest BCUT2D eigenvalue weighted by Crippen LogP contribution is 2.32. The molecule has 2 heteroatoms. The molecular weight excluding hydrogens is 176 g/mol. The number of phenols is 1. The van der Waals surface area contributed by atoms with E-state index in [1.165, 1.54) is 37.7 Å². The number of hydrogen-bond donors (Lipinski definition) is 1. The first kappa shape index (κ1) is 11.1. The first-order chi connectivity index (χ1) is 6.36. The zero-order chi connectivity index (χ0) is 9.10. The van der Waals surface area contributed by atoms with Crippen molar-refractivity contribution in [3.8, 4) is 5.75 Å². The van der Waals surface area contributed by atoms with Gasteiger partial charge in [-0.25, -0.2) is 0 Å². The molecule has 0 heterocycles. The molecule has 0 aromatic heterocycles. The minimum Gasteiger partial charge on any atom is -0.508 e. The average Bonchev–Trinajstić information content (AvgIpc) is 2.20. The van der Waals surface area contributed by atoms with E-state index in [1.807, 2.05) is 0 Å². The van der Waals surface area contributed by atoms with Crippen LogP contribution in [0.4, 0.5) is 0 Å². The fourth-order valence-electron chi connectivity index (χ4n) is 2.18. The van der Waals surface area contributed by atoms with E-state index in [9.17, 15) is 0 Å². The summed E-state index contributed by atoms with van der Waals surface area (Å²) in [5, 5.41) is 9.16. The fraction of sp³-hybridized carbons (Fsp3) is 0.500. The highest BCUT2D eigenvalue weighted by Gasteiger charge is 2.14. The number of benzene rings is 1. The Morgan fingerprint density at radius 3 is 2.07 bits per heavy atom. The van der Waals surface area contributed by atoms with Gasteiger partial charge in [0.1, 0.15) is 5.75 Å². The van der Waals surface area contributed by atoms with Gasteiger partial charge in [-0.2, -0.15) is 0 Å². The standard InChI is InChI=1S/C12H16O.H2O/c13-12-8-6-11(7-9-12)10-4-2-1-3-5-10;/h6-10,13H,1-5H2;1H2. The van der Waals surface area contributed by atoms with E-state index >= 15 is 0 Å². The van der Waals surface area contributed by atoms with Crippen LogP contribution in [-0.2, 0) is 0 Å². The van der Waals surface area contributed by atoms with Gasteiger partial charge in [-0.05, 0) is 36.5 Å². The second kappa shape index (κ2) is 5.01. The second-order valence-electron chi connectivity index (χ2n) is 3.93. The normalized spacial score (nSPS) is 17.4. The minimum atomic E-state index is 0. The largest absolute Gasteiger partial charge is 0.508 e. The summed E-state index contributed by atoms with van der Waals surface area (Å²) in [7, 11) is 0. The summed E-state index contributed by atoms with van der Waals surface area (Å²) in [6.07, 6.45) is 6.78. The van der Waals surface area contributed by atoms with Gasteiger partial charge in [0, 0.05) is 0 Å². The van der Waals surface area contributed by atoms with Crippen molar-refractivity contribution in [1.82, 2.24) is 0 Å². The zero-order valence-corrected chi connectivity index (χ0v) is 8.37. The molecule has 0 atom stereocenters. The van der Waals surface area contributed by atoms with Crippen LogP contribution < -0.4 is 0 Å². The van der Waals surface area contributed by atoms with E-state index in [0.717, 1.165) is 5.92 Å². The van der Waals surface area contributed by atoms with Crippen LogP contribution >= 0.6 is 0 Å². The molecule has 3 N–H and O–H groups in total. The third-order valence-electron chi connectivity index (χ3n) is 2.97. The van der Waals surface area contributed by atoms with E-state index in [0.29, 0.717) is 5.75 Å². The summed E-state index contributed by atoms with van der Waals surface area (Å²) < 4.78 is 0. The molecule has 78 valence electrons. The third kappa shape index (κ3) is 2.48. The lowest BCUT2D eigenvalue weighted by atomic mass is 9.84. The van der Waals surface area contributed by atoms with Crippen molar-refractivity contribution in [2.45, 2.75) is 38.0 Å². The van der Waals surface area contributed by atoms with Crippen LogP contribution in [-0.4, -0.2) is 10.6 Å². The quantitative estimate of drug-likeness (QED) is 0.734. The molecule has 1 saturated carbocycles. The maximum Gasteiger partial charge on any atom is 0.115 e. The van der Waals surface area contributed by atoms with E-state index < -0.39 is 0 Å². The molecule has 14 heavy (non-hydrogen) atoms. The van der Waals surface area contributed by atoms with Gasteiger partial charge in [0.2, 0.25) is 0 Å². The fourth-order valence-corrected chi connectivity index (χ4v) is 2.18. The highest BCUT2D eigenvalue weighted by atomic mass is 16.3. The van der Waals surface area contributed by atoms with Crippen molar-refractivity contribution in [2.75, 3.05) is 0 Å². The Bertz CT molecular complexity index is 260. The molecular formula is C12H18O2. The molecule has 1 aromatic carbocycles. The molecule has 1 aliphatic rings. The Hall–Kier alpha value is -1.02. The number of aromatic hydroxyl groups is 1. The molecule has 2 rings (SSSR count). The zero-order valence-electron chi connectivity index (χ0n) is 8.37. The van der Waals surface area contributed by atoms with Crippen LogP contribution in [0.1, 0.15) is 43.6 Å². The van der Waals surface area contributed by atoms with E-state index in [1.54, 1.807) is 12.1 Å². The van der Waals surface area contributed by atoms with Gasteiger partial charge in [-0.1, -0.05) is 31.4 Å². The average molecular weight is 194 g/mol. The van der Waals surface area contributed by atoms with Gasteiger partial charge in [0.15, 0.2) is 0 Å². The molecule has 1 fully saturated rings. The Balaban J connectivity index is 0.000000980. The van der Waals surface area contributed by atoms with Crippen LogP contribution in [0.25, 0.3) is 0 Å². The maximum atomic E-state index is 9.16. The summed E-state index contributed by atoms with van der Waals surface area (Å²) >= 11 is 0. The predicted molar refractivity (Wildman–Crippen MR) is 57.5 cm³/mol. The SMILES string of the molecule is O.Oc1ccc(C2CCCCC2)cc1. The summed E-state index contributed by atoms with van der Waals surface area (Å²) in [5.74, 6) is 1.12. The van der Waals surface area contributed by atoms with E-state index in [-0.39, 0.29) is 5.48 Å². The van der Waals surface area contributed by atoms with Gasteiger partial charge in [-0.3, -0.25) is 0 Å². The lowest BCUT2D eigenvalue weighted by molar-refractivity contribution is 0.442. The van der Waals surface area contributed by atoms with Crippen molar-refractivity contribution < 1.29 is 10.6 Å². The minimum absolute atomic E-state index is 0. The third-order valence-corrected chi connectivity index (χ3v) is 2.97. The smallest absolute Gasteiger partial charge is 0.115 e. The van der Waals surface area contributed by atoms with Crippen molar-refractivity contribution >= 4 is 0 Å². The molecule has 2 nitrogen and oxygen atoms in total. The number of hydrogen-bond acceptors (Lipinski definition) is 1. The monoisotopic (exact) mass is 194 g/mol. The molecule has 0 unspecified atom stereocenters. The van der Waals surface area contributed by atoms with Crippen LogP contribution in [0.3, 0.4) is 0 Å². The molecule has 0 aliphatic heterocycles. The first-order valence-corrected chi connectivity index (χ1v) is 5.15. The highest BCUT2D eigenvalue weighted by molar-refractivity contribution is 5.28. The molecule has 0 radical (unpaired) electrons. The second-order valence-corrected chi connectivity index (χ2v) is 3.93. The molecule has 0 saturated heterocycles. The Kier molecular flexibility index (Phi) is 3.96. The summed E-state index contributed by atoms with van der Waals surface area (Å²) in [4.78, 5) is 0. The Morgan fingerprint density at radius 1 is 0.929 bits per heavy atom. The van der Waals surface area contributed by atoms with Gasteiger partial charge >= 0.3 is 0 Å². The maximum absolute atomic E-state index is 9.16. The summed E-state index contributed by atoms with van der Waals surface area (Å²) in [6.45, 7) is 0. The van der Waals surface area contributed by atoms with Crippen molar-refractivity contribution in [3.05, 3.63) is 29.8 Å². The van der Waals surface area contributed by atoms with Crippen LogP contribution in [0.15, 0.2) is 24.3 Å². The molecule has 1 aliphatic carbocycles. The van der Waals surface area contributed by atoms with Gasteiger partial charge < -0.3 is 10.6 Å². The van der Waals surface area contributed by atoms with E-state index in [2.05, 4.69) is 12.1 Å². The Morgan fingerprint density at radius 2 is 1.50 bits per heavy atom. The van der Waals surface area contributed by atoms with Crippen LogP contribution in [0, 0.1) is 0 Å². The van der Waals surface area contributed by atoms with Gasteiger partial charge in [0.25, 0.3) is 0 Å². The van der Waals surface area contributed by atoms with Crippen LogP contribution in [0.2, 0.25) is 0 Å². The lowest BCUT2D eigenvalue weighted by Gasteiger charge is -2.21. The molecule has 0 bridgehead atoms. The van der Waals surface area contributed by atoms with Gasteiger partial charge in [0.05, 0.1) is 0 Å². The van der Waals surface area contributed by atoms with E-state index in [4.69, 9.17) is 5.11 Å². The number of rotatable bonds is 1. The predicted octanol–water partition coefficient (Wildman–Crippen LogP) is 2.62. The number of phenolic OH excluding ortho intramolecular Hbond substituents is 1. The topological polar surface area (TPSA) is 51.7 Å². The van der Waals surface area contributed by atoms with Crippen LogP contribution in [0.5, 0.6) is 5.75 Å². The molecule has 0 amide bonds. The van der Waals surface area contributed by atoms with Gasteiger partial charge in [-0.15, -0.1) is 0 Å². The molecule has 1 aromatic rings. The molecule has 0 spiro atoms. The summed E-state index contributed by atoms with van der Waals surface area (Å²) in [6, 6.07) is 7.71. The lowest BCUT2D eigenvalue weighted by Crippen LogP contribution is -2.03. The summed E-state index contributed by atoms with van der Waals surface area (Å²) in [5.41, 5.74) is 1.40. The van der Waals surface area contributed by atoms with Crippen molar-refractivity contribution in [3.63, 3.8) is 0 Å².